The van der Waals surface area contributed by atoms with Crippen molar-refractivity contribution in [1.82, 2.24) is 10.2 Å². The highest BCUT2D eigenvalue weighted by molar-refractivity contribution is 5.81. The summed E-state index contributed by atoms with van der Waals surface area (Å²) in [5.74, 6) is 0.469. The summed E-state index contributed by atoms with van der Waals surface area (Å²) < 4.78 is 5.52. The van der Waals surface area contributed by atoms with E-state index in [2.05, 4.69) is 5.32 Å². The van der Waals surface area contributed by atoms with Crippen molar-refractivity contribution in [2.24, 2.45) is 5.92 Å². The molecule has 0 aromatic carbocycles. The van der Waals surface area contributed by atoms with Crippen LogP contribution >= 0.6 is 0 Å². The van der Waals surface area contributed by atoms with Crippen molar-refractivity contribution >= 4 is 12.0 Å². The van der Waals surface area contributed by atoms with Gasteiger partial charge in [-0.2, -0.15) is 0 Å². The fourth-order valence-electron chi connectivity index (χ4n) is 3.57. The predicted molar refractivity (Wildman–Crippen MR) is 78.8 cm³/mol. The number of nitrogens with one attached hydrogen (secondary N) is 1. The molecule has 0 spiro atoms. The lowest BCUT2D eigenvalue weighted by atomic mass is 9.97. The van der Waals surface area contributed by atoms with Gasteiger partial charge in [0.05, 0.1) is 0 Å². The molecular weight excluding hydrogens is 268 g/mol. The normalized spacial score (nSPS) is 32.0. The molecule has 5 nitrogen and oxygen atoms in total. The number of hydrogen-bond donors (Lipinski definition) is 1. The molecule has 3 fully saturated rings. The van der Waals surface area contributed by atoms with Crippen LogP contribution in [0.1, 0.15) is 59.3 Å². The van der Waals surface area contributed by atoms with E-state index in [1.165, 1.54) is 0 Å². The van der Waals surface area contributed by atoms with Crippen LogP contribution in [0.15, 0.2) is 0 Å². The van der Waals surface area contributed by atoms with Gasteiger partial charge in [-0.1, -0.05) is 0 Å². The van der Waals surface area contributed by atoms with Crippen molar-refractivity contribution in [2.75, 3.05) is 0 Å². The number of nitrogens with zero attached hydrogens (tertiary/aromatic N) is 1. The zero-order chi connectivity index (χ0) is 15.2. The van der Waals surface area contributed by atoms with E-state index in [0.29, 0.717) is 0 Å². The maximum Gasteiger partial charge on any atom is 0.410 e. The molecule has 2 saturated heterocycles. The molecule has 0 unspecified atom stereocenters. The van der Waals surface area contributed by atoms with Crippen LogP contribution in [0.5, 0.6) is 0 Å². The summed E-state index contributed by atoms with van der Waals surface area (Å²) in [6.07, 6.45) is 5.68. The highest BCUT2D eigenvalue weighted by Crippen LogP contribution is 2.37. The average Bonchev–Trinajstić information content (AvgIpc) is 3.14. The number of carbonyl (C=O) groups is 2. The third-order valence-electron chi connectivity index (χ3n) is 4.63. The Morgan fingerprint density at radius 1 is 1.05 bits per heavy atom. The van der Waals surface area contributed by atoms with Crippen molar-refractivity contribution in [3.05, 3.63) is 0 Å². The smallest absolute Gasteiger partial charge is 0.410 e. The predicted octanol–water partition coefficient (Wildman–Crippen LogP) is 2.44. The van der Waals surface area contributed by atoms with Crippen LogP contribution in [0.4, 0.5) is 4.79 Å². The van der Waals surface area contributed by atoms with Crippen LogP contribution in [-0.2, 0) is 9.53 Å². The van der Waals surface area contributed by atoms with E-state index in [1.54, 1.807) is 0 Å². The van der Waals surface area contributed by atoms with E-state index < -0.39 is 5.60 Å². The summed E-state index contributed by atoms with van der Waals surface area (Å²) in [7, 11) is 0. The summed E-state index contributed by atoms with van der Waals surface area (Å²) in [6.45, 7) is 5.69. The summed E-state index contributed by atoms with van der Waals surface area (Å²) in [6, 6.07) is 0.681. The molecule has 1 saturated carbocycles. The number of rotatable bonds is 2. The number of amides is 2. The Morgan fingerprint density at radius 3 is 2.10 bits per heavy atom. The van der Waals surface area contributed by atoms with Gasteiger partial charge in [-0.05, 0) is 59.3 Å². The van der Waals surface area contributed by atoms with E-state index in [1.807, 2.05) is 25.7 Å². The van der Waals surface area contributed by atoms with Gasteiger partial charge < -0.3 is 15.0 Å². The maximum atomic E-state index is 12.3. The summed E-state index contributed by atoms with van der Waals surface area (Å²) >= 11 is 0. The highest BCUT2D eigenvalue weighted by atomic mass is 16.6. The Labute approximate surface area is 126 Å². The lowest BCUT2D eigenvalue weighted by Crippen LogP contribution is -2.53. The molecule has 2 heterocycles. The van der Waals surface area contributed by atoms with E-state index >= 15 is 0 Å². The van der Waals surface area contributed by atoms with E-state index in [0.717, 1.165) is 38.5 Å². The van der Waals surface area contributed by atoms with Crippen LogP contribution in [0.25, 0.3) is 0 Å². The molecule has 0 radical (unpaired) electrons. The first-order valence-electron chi connectivity index (χ1n) is 8.15. The first-order chi connectivity index (χ1) is 9.83. The summed E-state index contributed by atoms with van der Waals surface area (Å²) in [5.41, 5.74) is -0.451. The zero-order valence-electron chi connectivity index (χ0n) is 13.2. The molecule has 5 heteroatoms. The van der Waals surface area contributed by atoms with Gasteiger partial charge in [0.1, 0.15) is 5.60 Å². The first kappa shape index (κ1) is 14.7. The van der Waals surface area contributed by atoms with Crippen LogP contribution in [-0.4, -0.2) is 40.6 Å². The zero-order valence-corrected chi connectivity index (χ0v) is 13.2. The molecule has 2 bridgehead atoms. The highest BCUT2D eigenvalue weighted by Gasteiger charge is 2.45. The molecular formula is C16H26N2O3. The van der Waals surface area contributed by atoms with Gasteiger partial charge in [0.2, 0.25) is 5.91 Å². The van der Waals surface area contributed by atoms with Gasteiger partial charge in [-0.15, -0.1) is 0 Å². The van der Waals surface area contributed by atoms with Crippen LogP contribution in [0, 0.1) is 5.92 Å². The minimum atomic E-state index is -0.451. The summed E-state index contributed by atoms with van der Waals surface area (Å²) in [4.78, 5) is 26.2. The lowest BCUT2D eigenvalue weighted by Gasteiger charge is -2.39. The van der Waals surface area contributed by atoms with Crippen molar-refractivity contribution in [1.29, 1.82) is 0 Å². The number of fused-ring (bicyclic) bond motifs is 2. The SMILES string of the molecule is CC(C)(C)OC(=O)N1[C@H]2CC[C@H]1CC(NC(=O)C1CC1)C2. The Balaban J connectivity index is 1.58. The second-order valence-corrected chi connectivity index (χ2v) is 7.72. The molecule has 3 aliphatic rings. The Kier molecular flexibility index (Phi) is 3.62. The molecule has 0 aromatic rings. The number of hydrogen-bond acceptors (Lipinski definition) is 3. The maximum absolute atomic E-state index is 12.3. The van der Waals surface area contributed by atoms with Crippen LogP contribution in [0.3, 0.4) is 0 Å². The number of piperidine rings is 1. The fraction of sp³-hybridized carbons (Fsp3) is 0.875. The topological polar surface area (TPSA) is 58.6 Å². The Morgan fingerprint density at radius 2 is 1.62 bits per heavy atom. The average molecular weight is 294 g/mol. The molecule has 1 aliphatic carbocycles. The molecule has 0 aromatic heterocycles. The first-order valence-corrected chi connectivity index (χ1v) is 8.15. The fourth-order valence-corrected chi connectivity index (χ4v) is 3.57. The van der Waals surface area contributed by atoms with Gasteiger partial charge in [-0.3, -0.25) is 4.79 Å². The Hall–Kier alpha value is -1.26. The van der Waals surface area contributed by atoms with Crippen molar-refractivity contribution in [2.45, 2.75) is 83.0 Å². The molecule has 2 aliphatic heterocycles. The molecule has 2 atom stereocenters. The van der Waals surface area contributed by atoms with Gasteiger partial charge >= 0.3 is 6.09 Å². The third kappa shape index (κ3) is 3.33. The lowest BCUT2D eigenvalue weighted by molar-refractivity contribution is -0.123. The van der Waals surface area contributed by atoms with E-state index in [4.69, 9.17) is 4.74 Å². The third-order valence-corrected chi connectivity index (χ3v) is 4.63. The molecule has 21 heavy (non-hydrogen) atoms. The summed E-state index contributed by atoms with van der Waals surface area (Å²) in [5, 5.41) is 3.17. The van der Waals surface area contributed by atoms with Gasteiger partial charge in [-0.25, -0.2) is 4.79 Å². The van der Waals surface area contributed by atoms with Gasteiger partial charge in [0.25, 0.3) is 0 Å². The second-order valence-electron chi connectivity index (χ2n) is 7.72. The van der Waals surface area contributed by atoms with E-state index in [9.17, 15) is 9.59 Å². The van der Waals surface area contributed by atoms with Crippen LogP contribution in [0.2, 0.25) is 0 Å². The second kappa shape index (κ2) is 5.18. The minimum absolute atomic E-state index is 0.193. The monoisotopic (exact) mass is 294 g/mol. The van der Waals surface area contributed by atoms with Crippen molar-refractivity contribution < 1.29 is 14.3 Å². The molecule has 118 valence electrons. The van der Waals surface area contributed by atoms with Gasteiger partial charge in [0, 0.05) is 24.0 Å². The minimum Gasteiger partial charge on any atom is -0.444 e. The van der Waals surface area contributed by atoms with Crippen molar-refractivity contribution in [3.63, 3.8) is 0 Å². The van der Waals surface area contributed by atoms with Crippen LogP contribution < -0.4 is 5.32 Å². The number of carbonyl (C=O) groups excluding carboxylic acids is 2. The molecule has 2 amide bonds. The quantitative estimate of drug-likeness (QED) is 0.851. The largest absolute Gasteiger partial charge is 0.444 e. The standard InChI is InChI=1S/C16H26N2O3/c1-16(2,3)21-15(20)18-12-6-7-13(18)9-11(8-12)17-14(19)10-4-5-10/h10-13H,4-9H2,1-3H3,(H,17,19)/t12-,13-/m0/s1. The Bertz CT molecular complexity index is 425. The molecule has 1 N–H and O–H groups in total. The van der Waals surface area contributed by atoms with Gasteiger partial charge in [0.15, 0.2) is 0 Å². The van der Waals surface area contributed by atoms with E-state index in [-0.39, 0.29) is 36.0 Å². The number of ether oxygens (including phenoxy) is 1. The van der Waals surface area contributed by atoms with Crippen molar-refractivity contribution in [3.8, 4) is 0 Å². The molecule has 3 rings (SSSR count).